The van der Waals surface area contributed by atoms with Crippen molar-refractivity contribution in [1.29, 1.82) is 0 Å². The molecule has 10 heavy (non-hydrogen) atoms. The van der Waals surface area contributed by atoms with Gasteiger partial charge >= 0.3 is 0 Å². The van der Waals surface area contributed by atoms with E-state index in [1.807, 2.05) is 18.2 Å². The number of nitrogens with two attached hydrogens (primary N) is 1. The fourth-order valence-electron chi connectivity index (χ4n) is 0.787. The molecule has 0 aliphatic rings. The smallest absolute Gasteiger partial charge is 0.0109 e. The molecule has 0 aliphatic heterocycles. The van der Waals surface area contributed by atoms with Crippen molar-refractivity contribution in [2.45, 2.75) is 12.8 Å². The molecule has 0 rings (SSSR count). The Morgan fingerprint density at radius 3 is 2.00 bits per heavy atom. The zero-order valence-corrected chi connectivity index (χ0v) is 6.34. The third-order valence-corrected chi connectivity index (χ3v) is 1.22. The fraction of sp³-hybridized carbons (Fsp3) is 0.333. The quantitative estimate of drug-likeness (QED) is 0.576. The molecule has 0 aromatic heterocycles. The maximum Gasteiger partial charge on any atom is 0.0109 e. The van der Waals surface area contributed by atoms with E-state index in [1.165, 1.54) is 5.57 Å². The molecule has 0 saturated heterocycles. The molecule has 0 saturated carbocycles. The third kappa shape index (κ3) is 4.10. The van der Waals surface area contributed by atoms with Gasteiger partial charge in [-0.3, -0.25) is 0 Å². The minimum atomic E-state index is 0.608. The van der Waals surface area contributed by atoms with Crippen LogP contribution in [0.4, 0.5) is 0 Å². The predicted molar refractivity (Wildman–Crippen MR) is 46.8 cm³/mol. The maximum absolute atomic E-state index is 5.34. The van der Waals surface area contributed by atoms with E-state index in [0.29, 0.717) is 6.54 Å². The van der Waals surface area contributed by atoms with Crippen LogP contribution in [0.3, 0.4) is 0 Å². The monoisotopic (exact) mass is 137 g/mol. The lowest BCUT2D eigenvalue weighted by atomic mass is 10.1. The summed E-state index contributed by atoms with van der Waals surface area (Å²) in [5, 5.41) is 0. The first kappa shape index (κ1) is 9.18. The van der Waals surface area contributed by atoms with E-state index < -0.39 is 0 Å². The van der Waals surface area contributed by atoms with Crippen LogP contribution in [0.1, 0.15) is 12.8 Å². The standard InChI is InChI=1S/C9H15N/c1-3-5-9(6-4-2)7-8-10/h3-4,7H,1-2,5-6,8,10H2. The molecule has 0 bridgehead atoms. The Balaban J connectivity index is 3.82. The highest BCUT2D eigenvalue weighted by Crippen LogP contribution is 2.06. The van der Waals surface area contributed by atoms with Crippen molar-refractivity contribution in [3.63, 3.8) is 0 Å². The van der Waals surface area contributed by atoms with Gasteiger partial charge in [0.2, 0.25) is 0 Å². The van der Waals surface area contributed by atoms with Crippen LogP contribution in [0.2, 0.25) is 0 Å². The van der Waals surface area contributed by atoms with Crippen molar-refractivity contribution in [3.8, 4) is 0 Å². The second-order valence-electron chi connectivity index (χ2n) is 2.08. The van der Waals surface area contributed by atoms with Crippen LogP contribution in [0, 0.1) is 0 Å². The Labute approximate surface area is 62.9 Å². The van der Waals surface area contributed by atoms with Gasteiger partial charge in [-0.15, -0.1) is 13.2 Å². The molecule has 0 aliphatic carbocycles. The highest BCUT2D eigenvalue weighted by molar-refractivity contribution is 5.10. The molecule has 0 unspecified atom stereocenters. The summed E-state index contributed by atoms with van der Waals surface area (Å²) in [7, 11) is 0. The first-order chi connectivity index (χ1) is 4.85. The predicted octanol–water partition coefficient (Wildman–Crippen LogP) is 2.02. The molecule has 56 valence electrons. The molecule has 2 N–H and O–H groups in total. The number of hydrogen-bond acceptors (Lipinski definition) is 1. The van der Waals surface area contributed by atoms with Crippen LogP contribution < -0.4 is 5.73 Å². The van der Waals surface area contributed by atoms with Gasteiger partial charge in [-0.2, -0.15) is 0 Å². The van der Waals surface area contributed by atoms with Crippen molar-refractivity contribution in [1.82, 2.24) is 0 Å². The minimum absolute atomic E-state index is 0.608. The van der Waals surface area contributed by atoms with Crippen molar-refractivity contribution < 1.29 is 0 Å². The zero-order valence-electron chi connectivity index (χ0n) is 6.34. The molecule has 0 heterocycles. The van der Waals surface area contributed by atoms with E-state index in [9.17, 15) is 0 Å². The topological polar surface area (TPSA) is 26.0 Å². The number of hydrogen-bond donors (Lipinski definition) is 1. The van der Waals surface area contributed by atoms with Crippen LogP contribution in [0.25, 0.3) is 0 Å². The summed E-state index contributed by atoms with van der Waals surface area (Å²) in [5.41, 5.74) is 6.64. The van der Waals surface area contributed by atoms with Gasteiger partial charge in [-0.1, -0.05) is 23.8 Å². The summed E-state index contributed by atoms with van der Waals surface area (Å²) >= 11 is 0. The Bertz CT molecular complexity index is 122. The normalized spacial score (nSPS) is 8.50. The average Bonchev–Trinajstić information content (AvgIpc) is 1.90. The van der Waals surface area contributed by atoms with E-state index in [1.54, 1.807) is 0 Å². The second kappa shape index (κ2) is 6.30. The molecule has 0 atom stereocenters. The summed E-state index contributed by atoms with van der Waals surface area (Å²) in [6, 6.07) is 0. The average molecular weight is 137 g/mol. The fourth-order valence-corrected chi connectivity index (χ4v) is 0.787. The van der Waals surface area contributed by atoms with Crippen molar-refractivity contribution in [3.05, 3.63) is 37.0 Å². The zero-order chi connectivity index (χ0) is 7.82. The third-order valence-electron chi connectivity index (χ3n) is 1.22. The van der Waals surface area contributed by atoms with Crippen molar-refractivity contribution in [2.75, 3.05) is 6.54 Å². The second-order valence-corrected chi connectivity index (χ2v) is 2.08. The van der Waals surface area contributed by atoms with Gasteiger partial charge in [0.05, 0.1) is 0 Å². The Kier molecular flexibility index (Phi) is 5.79. The Hall–Kier alpha value is -0.820. The van der Waals surface area contributed by atoms with Gasteiger partial charge in [-0.05, 0) is 12.8 Å². The molecule has 0 spiro atoms. The lowest BCUT2D eigenvalue weighted by molar-refractivity contribution is 1.07. The molecular weight excluding hydrogens is 122 g/mol. The maximum atomic E-state index is 5.34. The van der Waals surface area contributed by atoms with Crippen LogP contribution in [-0.2, 0) is 0 Å². The summed E-state index contributed by atoms with van der Waals surface area (Å²) in [5.74, 6) is 0. The minimum Gasteiger partial charge on any atom is -0.327 e. The summed E-state index contributed by atoms with van der Waals surface area (Å²) in [6.07, 6.45) is 7.62. The Morgan fingerprint density at radius 1 is 1.20 bits per heavy atom. The first-order valence-corrected chi connectivity index (χ1v) is 3.45. The van der Waals surface area contributed by atoms with E-state index in [2.05, 4.69) is 13.2 Å². The Morgan fingerprint density at radius 2 is 1.70 bits per heavy atom. The van der Waals surface area contributed by atoms with E-state index >= 15 is 0 Å². The van der Waals surface area contributed by atoms with Crippen LogP contribution in [0.15, 0.2) is 37.0 Å². The van der Waals surface area contributed by atoms with Crippen LogP contribution in [-0.4, -0.2) is 6.54 Å². The van der Waals surface area contributed by atoms with Gasteiger partial charge in [0.15, 0.2) is 0 Å². The van der Waals surface area contributed by atoms with Gasteiger partial charge in [-0.25, -0.2) is 0 Å². The lowest BCUT2D eigenvalue weighted by Crippen LogP contribution is -1.95. The van der Waals surface area contributed by atoms with Gasteiger partial charge in [0, 0.05) is 6.54 Å². The van der Waals surface area contributed by atoms with E-state index in [4.69, 9.17) is 5.73 Å². The SMILES string of the molecule is C=CCC(=CCN)CC=C. The van der Waals surface area contributed by atoms with E-state index in [0.717, 1.165) is 12.8 Å². The molecular formula is C9H15N. The van der Waals surface area contributed by atoms with Crippen LogP contribution >= 0.6 is 0 Å². The van der Waals surface area contributed by atoms with Gasteiger partial charge in [0.25, 0.3) is 0 Å². The lowest BCUT2D eigenvalue weighted by Gasteiger charge is -1.97. The molecule has 0 amide bonds. The summed E-state index contributed by atoms with van der Waals surface area (Å²) < 4.78 is 0. The van der Waals surface area contributed by atoms with Gasteiger partial charge < -0.3 is 5.73 Å². The number of rotatable bonds is 5. The largest absolute Gasteiger partial charge is 0.327 e. The van der Waals surface area contributed by atoms with E-state index in [-0.39, 0.29) is 0 Å². The highest BCUT2D eigenvalue weighted by Gasteiger charge is 1.88. The van der Waals surface area contributed by atoms with Crippen molar-refractivity contribution in [2.24, 2.45) is 5.73 Å². The molecule has 1 nitrogen and oxygen atoms in total. The van der Waals surface area contributed by atoms with Crippen molar-refractivity contribution >= 4 is 0 Å². The summed E-state index contributed by atoms with van der Waals surface area (Å²) in [6.45, 7) is 7.91. The number of allylic oxidation sites excluding steroid dienone is 3. The molecule has 1 heteroatoms. The summed E-state index contributed by atoms with van der Waals surface area (Å²) in [4.78, 5) is 0. The van der Waals surface area contributed by atoms with Gasteiger partial charge in [0.1, 0.15) is 0 Å². The highest BCUT2D eigenvalue weighted by atomic mass is 14.5. The molecule has 0 fully saturated rings. The molecule has 0 aromatic carbocycles. The first-order valence-electron chi connectivity index (χ1n) is 3.45. The molecule has 0 radical (unpaired) electrons. The van der Waals surface area contributed by atoms with Crippen LogP contribution in [0.5, 0.6) is 0 Å². The molecule has 0 aromatic rings.